The van der Waals surface area contributed by atoms with Crippen molar-refractivity contribution in [2.45, 2.75) is 89.6 Å². The van der Waals surface area contributed by atoms with E-state index in [0.29, 0.717) is 18.4 Å². The Morgan fingerprint density at radius 1 is 0.968 bits per heavy atom. The smallest absolute Gasteiger partial charge is 0.194 e. The van der Waals surface area contributed by atoms with E-state index >= 15 is 0 Å². The van der Waals surface area contributed by atoms with Gasteiger partial charge in [-0.15, -0.1) is 0 Å². The van der Waals surface area contributed by atoms with Gasteiger partial charge in [-0.3, -0.25) is 4.79 Å². The summed E-state index contributed by atoms with van der Waals surface area (Å²) < 4.78 is 11.8. The van der Waals surface area contributed by atoms with Gasteiger partial charge in [-0.05, 0) is 68.4 Å². The number of hydrogen-bond acceptors (Lipinski definition) is 3. The largest absolute Gasteiger partial charge is 0.476 e. The zero-order chi connectivity index (χ0) is 21.5. The van der Waals surface area contributed by atoms with Crippen LogP contribution >= 0.6 is 0 Å². The number of pyridine rings is 1. The maximum atomic E-state index is 13.1. The summed E-state index contributed by atoms with van der Waals surface area (Å²) in [5.41, 5.74) is 4.92. The van der Waals surface area contributed by atoms with Crippen molar-refractivity contribution in [1.29, 1.82) is 0 Å². The third kappa shape index (κ3) is 6.00. The molecule has 168 valence electrons. The van der Waals surface area contributed by atoms with E-state index in [4.69, 9.17) is 9.47 Å². The molecule has 4 rings (SSSR count). The van der Waals surface area contributed by atoms with Crippen LogP contribution in [0.4, 0.5) is 0 Å². The van der Waals surface area contributed by atoms with Gasteiger partial charge in [0.15, 0.2) is 11.3 Å². The average Bonchev–Trinajstić information content (AvgIpc) is 3.32. The Kier molecular flexibility index (Phi) is 7.85. The average molecular weight is 424 g/mol. The molecule has 1 aromatic carbocycles. The van der Waals surface area contributed by atoms with Crippen LogP contribution in [0.3, 0.4) is 0 Å². The second kappa shape index (κ2) is 11.0. The van der Waals surface area contributed by atoms with Gasteiger partial charge in [-0.25, -0.2) is 0 Å². The lowest BCUT2D eigenvalue weighted by atomic mass is 9.93. The number of aryl methyl sites for hydroxylation is 3. The molecular formula is C27H37NO3. The lowest BCUT2D eigenvalue weighted by Crippen LogP contribution is -2.26. The molecule has 4 nitrogen and oxygen atoms in total. The summed E-state index contributed by atoms with van der Waals surface area (Å²) in [4.78, 5) is 16.6. The van der Waals surface area contributed by atoms with Crippen LogP contribution in [0.5, 0.6) is 5.88 Å². The number of ether oxygens (including phenoxy) is 2. The van der Waals surface area contributed by atoms with Crippen molar-refractivity contribution in [3.8, 4) is 5.88 Å². The molecule has 1 unspecified atom stereocenters. The summed E-state index contributed by atoms with van der Waals surface area (Å²) in [6.45, 7) is 3.54. The Morgan fingerprint density at radius 2 is 1.68 bits per heavy atom. The van der Waals surface area contributed by atoms with Crippen LogP contribution in [0.2, 0.25) is 0 Å². The molecule has 1 aliphatic heterocycles. The number of nitrogens with one attached hydrogen (secondary N) is 1. The fourth-order valence-electron chi connectivity index (χ4n) is 5.09. The minimum Gasteiger partial charge on any atom is -0.476 e. The zero-order valence-electron chi connectivity index (χ0n) is 19.0. The molecule has 4 heteroatoms. The van der Waals surface area contributed by atoms with E-state index in [2.05, 4.69) is 36.2 Å². The van der Waals surface area contributed by atoms with Crippen LogP contribution in [-0.2, 0) is 24.0 Å². The van der Waals surface area contributed by atoms with Crippen LogP contribution in [0, 0.1) is 0 Å². The molecule has 0 radical (unpaired) electrons. The molecule has 1 aromatic heterocycles. The molecule has 0 amide bonds. The molecule has 1 N–H and O–H groups in total. The van der Waals surface area contributed by atoms with Gasteiger partial charge >= 0.3 is 0 Å². The lowest BCUT2D eigenvalue weighted by Gasteiger charge is -2.23. The second-order valence-corrected chi connectivity index (χ2v) is 9.24. The summed E-state index contributed by atoms with van der Waals surface area (Å²) in [5, 5.41) is 0. The van der Waals surface area contributed by atoms with Gasteiger partial charge in [0.25, 0.3) is 0 Å². The molecule has 1 atom stereocenters. The van der Waals surface area contributed by atoms with E-state index in [0.717, 1.165) is 62.8 Å². The minimum atomic E-state index is 0.136. The van der Waals surface area contributed by atoms with Crippen molar-refractivity contribution in [3.63, 3.8) is 0 Å². The molecule has 1 saturated heterocycles. The summed E-state index contributed by atoms with van der Waals surface area (Å²) in [6, 6.07) is 10.6. The summed E-state index contributed by atoms with van der Waals surface area (Å²) >= 11 is 0. The Bertz CT molecular complexity index is 874. The Morgan fingerprint density at radius 3 is 2.35 bits per heavy atom. The number of H-pyrrole nitrogens is 1. The van der Waals surface area contributed by atoms with Crippen LogP contribution in [0.15, 0.2) is 35.1 Å². The van der Waals surface area contributed by atoms with E-state index in [1.54, 1.807) is 6.07 Å². The topological polar surface area (TPSA) is 51.3 Å². The zero-order valence-corrected chi connectivity index (χ0v) is 19.0. The van der Waals surface area contributed by atoms with Gasteiger partial charge in [0.05, 0.1) is 6.10 Å². The number of benzene rings is 1. The third-order valence-corrected chi connectivity index (χ3v) is 6.81. The standard InChI is InChI=1S/C27H37NO3/c1-2-7-20-11-13-21(14-12-20)15-16-24-27(22-8-3-4-9-22)25(29)18-26(28-24)31-19-23-10-5-6-17-30-23/h11-14,18,22-23H,2-10,15-17,19H2,1H3,(H,28,29). The minimum absolute atomic E-state index is 0.136. The summed E-state index contributed by atoms with van der Waals surface area (Å²) in [7, 11) is 0. The van der Waals surface area contributed by atoms with E-state index in [1.807, 2.05) is 0 Å². The lowest BCUT2D eigenvalue weighted by molar-refractivity contribution is -0.0120. The van der Waals surface area contributed by atoms with Crippen molar-refractivity contribution in [2.75, 3.05) is 13.2 Å². The molecule has 0 spiro atoms. The summed E-state index contributed by atoms with van der Waals surface area (Å²) in [6.07, 6.45) is 12.2. The van der Waals surface area contributed by atoms with Gasteiger partial charge in [0, 0.05) is 23.9 Å². The SMILES string of the molecule is CCCc1ccc(CCc2[nH]c(OCC3CCCCO3)cc(=O)c2C2CCCC2)cc1. The first kappa shape index (κ1) is 22.1. The predicted octanol–water partition coefficient (Wildman–Crippen LogP) is 5.72. The normalized spacial score (nSPS) is 19.6. The molecule has 1 aliphatic carbocycles. The number of aromatic amines is 1. The predicted molar refractivity (Wildman–Crippen MR) is 125 cm³/mol. The quantitative estimate of drug-likeness (QED) is 0.561. The number of hydrogen-bond donors (Lipinski definition) is 1. The van der Waals surface area contributed by atoms with Gasteiger partial charge in [0.2, 0.25) is 0 Å². The highest BCUT2D eigenvalue weighted by Crippen LogP contribution is 2.34. The Labute approximate surface area is 186 Å². The maximum Gasteiger partial charge on any atom is 0.194 e. The van der Waals surface area contributed by atoms with E-state index in [9.17, 15) is 4.79 Å². The van der Waals surface area contributed by atoms with Crippen molar-refractivity contribution in [3.05, 3.63) is 62.9 Å². The van der Waals surface area contributed by atoms with E-state index in [-0.39, 0.29) is 11.5 Å². The molecule has 2 heterocycles. The first-order valence-electron chi connectivity index (χ1n) is 12.3. The van der Waals surface area contributed by atoms with Gasteiger partial charge in [0.1, 0.15) is 6.61 Å². The Hall–Kier alpha value is -2.07. The molecule has 2 aromatic rings. The first-order valence-corrected chi connectivity index (χ1v) is 12.3. The first-order chi connectivity index (χ1) is 15.2. The van der Waals surface area contributed by atoms with E-state index < -0.39 is 0 Å². The number of rotatable bonds is 9. The van der Waals surface area contributed by atoms with Crippen LogP contribution < -0.4 is 10.2 Å². The molecule has 1 saturated carbocycles. The monoisotopic (exact) mass is 423 g/mol. The highest BCUT2D eigenvalue weighted by molar-refractivity contribution is 5.31. The second-order valence-electron chi connectivity index (χ2n) is 9.24. The van der Waals surface area contributed by atoms with E-state index in [1.165, 1.54) is 36.8 Å². The highest BCUT2D eigenvalue weighted by Gasteiger charge is 2.24. The molecule has 2 aliphatic rings. The van der Waals surface area contributed by atoms with Crippen LogP contribution in [0.1, 0.15) is 86.6 Å². The fraction of sp³-hybridized carbons (Fsp3) is 0.593. The van der Waals surface area contributed by atoms with Crippen molar-refractivity contribution in [1.82, 2.24) is 4.98 Å². The fourth-order valence-corrected chi connectivity index (χ4v) is 5.09. The number of aromatic nitrogens is 1. The van der Waals surface area contributed by atoms with Crippen LogP contribution in [0.25, 0.3) is 0 Å². The molecule has 0 bridgehead atoms. The Balaban J connectivity index is 1.49. The van der Waals surface area contributed by atoms with Crippen molar-refractivity contribution in [2.24, 2.45) is 0 Å². The highest BCUT2D eigenvalue weighted by atomic mass is 16.5. The molecule has 31 heavy (non-hydrogen) atoms. The molecule has 2 fully saturated rings. The summed E-state index contributed by atoms with van der Waals surface area (Å²) in [5.74, 6) is 0.982. The van der Waals surface area contributed by atoms with Crippen molar-refractivity contribution >= 4 is 0 Å². The maximum absolute atomic E-state index is 13.1. The van der Waals surface area contributed by atoms with Crippen LogP contribution in [-0.4, -0.2) is 24.3 Å². The van der Waals surface area contributed by atoms with Gasteiger partial charge in [-0.1, -0.05) is 50.5 Å². The third-order valence-electron chi connectivity index (χ3n) is 6.81. The van der Waals surface area contributed by atoms with Gasteiger partial charge < -0.3 is 14.5 Å². The molecular weight excluding hydrogens is 386 g/mol. The van der Waals surface area contributed by atoms with Crippen molar-refractivity contribution < 1.29 is 9.47 Å². The van der Waals surface area contributed by atoms with Gasteiger partial charge in [-0.2, -0.15) is 0 Å².